The van der Waals surface area contributed by atoms with E-state index in [2.05, 4.69) is 4.98 Å². The number of piperidine rings is 1. The summed E-state index contributed by atoms with van der Waals surface area (Å²) >= 11 is 0. The van der Waals surface area contributed by atoms with Gasteiger partial charge in [-0.3, -0.25) is 10.1 Å². The first-order valence-electron chi connectivity index (χ1n) is 6.19. The van der Waals surface area contributed by atoms with Crippen LogP contribution < -0.4 is 10.6 Å². The van der Waals surface area contributed by atoms with Gasteiger partial charge in [0.1, 0.15) is 11.6 Å². The van der Waals surface area contributed by atoms with Crippen molar-refractivity contribution in [3.63, 3.8) is 0 Å². The van der Waals surface area contributed by atoms with Crippen LogP contribution >= 0.6 is 0 Å². The van der Waals surface area contributed by atoms with Gasteiger partial charge in [-0.25, -0.2) is 4.98 Å². The lowest BCUT2D eigenvalue weighted by molar-refractivity contribution is -0.384. The quantitative estimate of drug-likeness (QED) is 0.646. The minimum absolute atomic E-state index is 0.0383. The number of nitriles is 1. The largest absolute Gasteiger partial charge is 0.347 e. The second-order valence-electron chi connectivity index (χ2n) is 4.48. The fourth-order valence-electron chi connectivity index (χ4n) is 2.45. The van der Waals surface area contributed by atoms with E-state index in [0.717, 1.165) is 19.3 Å². The minimum atomic E-state index is -0.539. The van der Waals surface area contributed by atoms with Gasteiger partial charge in [-0.2, -0.15) is 5.26 Å². The molecule has 1 aromatic heterocycles. The van der Waals surface area contributed by atoms with E-state index in [9.17, 15) is 10.1 Å². The number of nitrogens with zero attached hydrogens (tertiary/aromatic N) is 4. The zero-order chi connectivity index (χ0) is 13.8. The standard InChI is InChI=1S/C12H15N5O2/c13-7-9-4-5-15-12(11(9)17(18)19)16-6-2-1-3-10(16)8-14/h4-5,10H,1-3,6,8,14H2. The molecule has 1 aliphatic heterocycles. The first-order valence-corrected chi connectivity index (χ1v) is 6.19. The van der Waals surface area contributed by atoms with E-state index in [-0.39, 0.29) is 23.1 Å². The van der Waals surface area contributed by atoms with Crippen LogP contribution in [-0.4, -0.2) is 29.0 Å². The molecule has 1 unspecified atom stereocenters. The van der Waals surface area contributed by atoms with Gasteiger partial charge < -0.3 is 10.6 Å². The van der Waals surface area contributed by atoms with Crippen molar-refractivity contribution in [3.8, 4) is 6.07 Å². The van der Waals surface area contributed by atoms with Gasteiger partial charge in [0.2, 0.25) is 5.82 Å². The summed E-state index contributed by atoms with van der Waals surface area (Å²) in [4.78, 5) is 16.6. The number of aromatic nitrogens is 1. The predicted molar refractivity (Wildman–Crippen MR) is 69.6 cm³/mol. The van der Waals surface area contributed by atoms with E-state index in [1.165, 1.54) is 12.3 Å². The normalized spacial score (nSPS) is 18.9. The van der Waals surface area contributed by atoms with Gasteiger partial charge in [0.25, 0.3) is 0 Å². The highest BCUT2D eigenvalue weighted by Crippen LogP contribution is 2.32. The van der Waals surface area contributed by atoms with Crippen LogP contribution in [0.2, 0.25) is 0 Å². The molecule has 0 amide bonds. The predicted octanol–water partition coefficient (Wildman–Crippen LogP) is 1.18. The number of hydrogen-bond donors (Lipinski definition) is 1. The maximum absolute atomic E-state index is 11.2. The van der Waals surface area contributed by atoms with Crippen LogP contribution in [0.15, 0.2) is 12.3 Å². The van der Waals surface area contributed by atoms with Crippen molar-refractivity contribution < 1.29 is 4.92 Å². The summed E-state index contributed by atoms with van der Waals surface area (Å²) < 4.78 is 0. The number of rotatable bonds is 3. The van der Waals surface area contributed by atoms with E-state index in [1.807, 2.05) is 11.0 Å². The van der Waals surface area contributed by atoms with Crippen molar-refractivity contribution >= 4 is 11.5 Å². The van der Waals surface area contributed by atoms with Gasteiger partial charge in [0.05, 0.1) is 4.92 Å². The molecule has 0 aliphatic carbocycles. The van der Waals surface area contributed by atoms with Gasteiger partial charge in [0.15, 0.2) is 0 Å². The third-order valence-corrected chi connectivity index (χ3v) is 3.38. The summed E-state index contributed by atoms with van der Waals surface area (Å²) in [5.41, 5.74) is 5.54. The van der Waals surface area contributed by atoms with Crippen molar-refractivity contribution in [1.29, 1.82) is 5.26 Å². The molecule has 0 spiro atoms. The topological polar surface area (TPSA) is 109 Å². The van der Waals surface area contributed by atoms with Crippen molar-refractivity contribution in [2.45, 2.75) is 25.3 Å². The summed E-state index contributed by atoms with van der Waals surface area (Å²) in [5, 5.41) is 20.2. The molecule has 100 valence electrons. The van der Waals surface area contributed by atoms with Crippen LogP contribution in [0.3, 0.4) is 0 Å². The zero-order valence-corrected chi connectivity index (χ0v) is 10.5. The van der Waals surface area contributed by atoms with E-state index in [1.54, 1.807) is 0 Å². The number of nitro groups is 1. The van der Waals surface area contributed by atoms with E-state index in [0.29, 0.717) is 13.1 Å². The molecular formula is C12H15N5O2. The lowest BCUT2D eigenvalue weighted by Gasteiger charge is -2.35. The minimum Gasteiger partial charge on any atom is -0.347 e. The lowest BCUT2D eigenvalue weighted by atomic mass is 10.0. The zero-order valence-electron chi connectivity index (χ0n) is 10.5. The second kappa shape index (κ2) is 5.63. The van der Waals surface area contributed by atoms with Gasteiger partial charge in [-0.15, -0.1) is 0 Å². The Morgan fingerprint density at radius 3 is 3.05 bits per heavy atom. The summed E-state index contributed by atoms with van der Waals surface area (Å²) in [6.45, 7) is 1.11. The Kier molecular flexibility index (Phi) is 3.92. The second-order valence-corrected chi connectivity index (χ2v) is 4.48. The van der Waals surface area contributed by atoms with E-state index in [4.69, 9.17) is 11.0 Å². The average Bonchev–Trinajstić information content (AvgIpc) is 2.46. The first-order chi connectivity index (χ1) is 9.19. The molecule has 2 rings (SSSR count). The molecule has 0 aromatic carbocycles. The Morgan fingerprint density at radius 2 is 2.42 bits per heavy atom. The maximum Gasteiger partial charge on any atom is 0.329 e. The Labute approximate surface area is 110 Å². The summed E-state index contributed by atoms with van der Waals surface area (Å²) in [7, 11) is 0. The third-order valence-electron chi connectivity index (χ3n) is 3.38. The highest BCUT2D eigenvalue weighted by molar-refractivity contribution is 5.66. The van der Waals surface area contributed by atoms with E-state index >= 15 is 0 Å². The van der Waals surface area contributed by atoms with Crippen molar-refractivity contribution in [3.05, 3.63) is 27.9 Å². The van der Waals surface area contributed by atoms with Crippen LogP contribution in [0.25, 0.3) is 0 Å². The van der Waals surface area contributed by atoms with Crippen LogP contribution in [0.4, 0.5) is 11.5 Å². The summed E-state index contributed by atoms with van der Waals surface area (Å²) in [6.07, 6.45) is 4.34. The van der Waals surface area contributed by atoms with Crippen LogP contribution in [0.1, 0.15) is 24.8 Å². The summed E-state index contributed by atoms with van der Waals surface area (Å²) in [5.74, 6) is 0.263. The van der Waals surface area contributed by atoms with Crippen LogP contribution in [0.5, 0.6) is 0 Å². The molecule has 19 heavy (non-hydrogen) atoms. The highest BCUT2D eigenvalue weighted by atomic mass is 16.6. The number of nitrogens with two attached hydrogens (primary N) is 1. The maximum atomic E-state index is 11.2. The van der Waals surface area contributed by atoms with Gasteiger partial charge >= 0.3 is 5.69 Å². The van der Waals surface area contributed by atoms with Crippen LogP contribution in [0, 0.1) is 21.4 Å². The van der Waals surface area contributed by atoms with Crippen molar-refractivity contribution in [2.24, 2.45) is 5.73 Å². The van der Waals surface area contributed by atoms with Crippen molar-refractivity contribution in [1.82, 2.24) is 4.98 Å². The highest BCUT2D eigenvalue weighted by Gasteiger charge is 2.30. The molecule has 7 nitrogen and oxygen atoms in total. The first kappa shape index (κ1) is 13.2. The smallest absolute Gasteiger partial charge is 0.329 e. The fraction of sp³-hybridized carbons (Fsp3) is 0.500. The van der Waals surface area contributed by atoms with Gasteiger partial charge in [0, 0.05) is 25.3 Å². The molecule has 0 saturated carbocycles. The molecule has 0 bridgehead atoms. The monoisotopic (exact) mass is 261 g/mol. The van der Waals surface area contributed by atoms with Gasteiger partial charge in [-0.05, 0) is 25.3 Å². The molecule has 0 radical (unpaired) electrons. The Balaban J connectivity index is 2.49. The Hall–Kier alpha value is -2.20. The van der Waals surface area contributed by atoms with E-state index < -0.39 is 4.92 Å². The van der Waals surface area contributed by atoms with Crippen molar-refractivity contribution in [2.75, 3.05) is 18.0 Å². The third kappa shape index (κ3) is 2.48. The molecule has 1 fully saturated rings. The molecule has 2 heterocycles. The van der Waals surface area contributed by atoms with Crippen LogP contribution in [-0.2, 0) is 0 Å². The fourth-order valence-corrected chi connectivity index (χ4v) is 2.45. The summed E-state index contributed by atoms with van der Waals surface area (Å²) in [6, 6.07) is 3.26. The Morgan fingerprint density at radius 1 is 1.63 bits per heavy atom. The number of pyridine rings is 1. The number of hydrogen-bond acceptors (Lipinski definition) is 6. The molecule has 1 aliphatic rings. The molecule has 2 N–H and O–H groups in total. The molecule has 1 aromatic rings. The molecule has 1 atom stereocenters. The van der Waals surface area contributed by atoms with Gasteiger partial charge in [-0.1, -0.05) is 0 Å². The average molecular weight is 261 g/mol. The number of anilines is 1. The Bertz CT molecular complexity index is 525. The lowest BCUT2D eigenvalue weighted by Crippen LogP contribution is -2.44. The molecule has 1 saturated heterocycles. The molecular weight excluding hydrogens is 246 g/mol. The SMILES string of the molecule is N#Cc1ccnc(N2CCCCC2CN)c1[N+](=O)[O-]. The molecule has 7 heteroatoms.